The van der Waals surface area contributed by atoms with Crippen LogP contribution >= 0.6 is 11.3 Å². The first kappa shape index (κ1) is 17.7. The molecule has 0 radical (unpaired) electrons. The van der Waals surface area contributed by atoms with Crippen molar-refractivity contribution in [2.75, 3.05) is 49.2 Å². The van der Waals surface area contributed by atoms with E-state index in [1.165, 1.54) is 0 Å². The fraction of sp³-hybridized carbons (Fsp3) is 0.579. The van der Waals surface area contributed by atoms with Gasteiger partial charge in [-0.15, -0.1) is 11.3 Å². The third-order valence-electron chi connectivity index (χ3n) is 5.27. The Morgan fingerprint density at radius 1 is 1.15 bits per heavy atom. The topological polar surface area (TPSA) is 61.7 Å². The van der Waals surface area contributed by atoms with Gasteiger partial charge in [0.1, 0.15) is 5.82 Å². The van der Waals surface area contributed by atoms with Crippen LogP contribution in [0.5, 0.6) is 0 Å². The second-order valence-electron chi connectivity index (χ2n) is 7.05. The summed E-state index contributed by atoms with van der Waals surface area (Å²) in [6.45, 7) is 7.04. The maximum atomic E-state index is 10.6. The first-order valence-corrected chi connectivity index (χ1v) is 10.2. The van der Waals surface area contributed by atoms with E-state index >= 15 is 0 Å². The fourth-order valence-corrected chi connectivity index (χ4v) is 4.54. The van der Waals surface area contributed by atoms with Crippen molar-refractivity contribution in [3.05, 3.63) is 34.2 Å². The average Bonchev–Trinajstić information content (AvgIpc) is 3.22. The summed E-state index contributed by atoms with van der Waals surface area (Å²) < 4.78 is 5.43. The van der Waals surface area contributed by atoms with E-state index in [1.54, 1.807) is 11.3 Å². The number of aliphatic hydroxyl groups excluding tert-OH is 1. The Balaban J connectivity index is 1.43. The molecule has 1 unspecified atom stereocenters. The minimum Gasteiger partial charge on any atom is -0.387 e. The summed E-state index contributed by atoms with van der Waals surface area (Å²) in [5, 5.41) is 12.6. The van der Waals surface area contributed by atoms with Crippen LogP contribution in [0.15, 0.2) is 23.6 Å². The van der Waals surface area contributed by atoms with Crippen LogP contribution in [0.2, 0.25) is 0 Å². The van der Waals surface area contributed by atoms with Crippen LogP contribution in [0.1, 0.15) is 29.5 Å². The van der Waals surface area contributed by atoms with Crippen LogP contribution in [0.4, 0.5) is 11.8 Å². The molecule has 4 heterocycles. The number of aliphatic hydroxyl groups is 1. The summed E-state index contributed by atoms with van der Waals surface area (Å²) in [5.74, 6) is 2.14. The lowest BCUT2D eigenvalue weighted by molar-refractivity contribution is 0.0960. The first-order valence-electron chi connectivity index (χ1n) is 9.35. The highest BCUT2D eigenvalue weighted by Crippen LogP contribution is 2.34. The second-order valence-corrected chi connectivity index (χ2v) is 8.03. The summed E-state index contributed by atoms with van der Waals surface area (Å²) >= 11 is 1.64. The molecule has 1 atom stereocenters. The lowest BCUT2D eigenvalue weighted by atomic mass is 9.90. The van der Waals surface area contributed by atoms with Crippen molar-refractivity contribution in [2.45, 2.75) is 25.9 Å². The van der Waals surface area contributed by atoms with Crippen LogP contribution in [-0.2, 0) is 4.74 Å². The number of nitrogens with zero attached hydrogens (tertiary/aromatic N) is 4. The largest absolute Gasteiger partial charge is 0.387 e. The van der Waals surface area contributed by atoms with Gasteiger partial charge in [0, 0.05) is 42.8 Å². The lowest BCUT2D eigenvalue weighted by Gasteiger charge is -2.35. The third kappa shape index (κ3) is 3.84. The molecule has 2 fully saturated rings. The monoisotopic (exact) mass is 374 g/mol. The molecule has 0 aliphatic carbocycles. The Hall–Kier alpha value is -1.70. The highest BCUT2D eigenvalue weighted by Gasteiger charge is 2.28. The van der Waals surface area contributed by atoms with Gasteiger partial charge in [-0.1, -0.05) is 6.07 Å². The number of rotatable bonds is 4. The maximum absolute atomic E-state index is 10.6. The Morgan fingerprint density at radius 3 is 2.62 bits per heavy atom. The van der Waals surface area contributed by atoms with Gasteiger partial charge >= 0.3 is 0 Å². The SMILES string of the molecule is Cc1cc(N2CCC(C(O)c3cccs3)CC2)nc(N2CCOCC2)n1. The number of hydrogen-bond donors (Lipinski definition) is 1. The van der Waals surface area contributed by atoms with E-state index in [2.05, 4.69) is 20.9 Å². The van der Waals surface area contributed by atoms with Gasteiger partial charge in [-0.25, -0.2) is 4.98 Å². The molecule has 2 aliphatic heterocycles. The second kappa shape index (κ2) is 7.90. The smallest absolute Gasteiger partial charge is 0.227 e. The molecule has 7 heteroatoms. The molecule has 26 heavy (non-hydrogen) atoms. The Morgan fingerprint density at radius 2 is 1.92 bits per heavy atom. The summed E-state index contributed by atoms with van der Waals surface area (Å²) in [4.78, 5) is 15.1. The van der Waals surface area contributed by atoms with E-state index in [-0.39, 0.29) is 6.10 Å². The van der Waals surface area contributed by atoms with Gasteiger partial charge < -0.3 is 19.6 Å². The van der Waals surface area contributed by atoms with Crippen molar-refractivity contribution in [1.29, 1.82) is 0 Å². The van der Waals surface area contributed by atoms with Crippen molar-refractivity contribution in [3.8, 4) is 0 Å². The van der Waals surface area contributed by atoms with Gasteiger partial charge in [0.25, 0.3) is 0 Å². The zero-order chi connectivity index (χ0) is 17.9. The molecule has 0 amide bonds. The minimum absolute atomic E-state index is 0.326. The number of hydrogen-bond acceptors (Lipinski definition) is 7. The molecule has 0 bridgehead atoms. The summed E-state index contributed by atoms with van der Waals surface area (Å²) in [7, 11) is 0. The number of morpholine rings is 1. The van der Waals surface area contributed by atoms with Gasteiger partial charge in [0.05, 0.1) is 19.3 Å². The number of piperidine rings is 1. The first-order chi connectivity index (χ1) is 12.7. The normalized spacial score (nSPS) is 20.4. The van der Waals surface area contributed by atoms with E-state index in [4.69, 9.17) is 9.72 Å². The highest BCUT2D eigenvalue weighted by molar-refractivity contribution is 7.10. The molecule has 0 saturated carbocycles. The van der Waals surface area contributed by atoms with E-state index in [9.17, 15) is 5.11 Å². The van der Waals surface area contributed by atoms with Crippen LogP contribution in [0.25, 0.3) is 0 Å². The molecular weight excluding hydrogens is 348 g/mol. The number of thiophene rings is 1. The van der Waals surface area contributed by atoms with E-state index in [0.29, 0.717) is 5.92 Å². The fourth-order valence-electron chi connectivity index (χ4n) is 3.74. The zero-order valence-electron chi connectivity index (χ0n) is 15.2. The van der Waals surface area contributed by atoms with Gasteiger partial charge in [-0.2, -0.15) is 4.98 Å². The summed E-state index contributed by atoms with van der Waals surface area (Å²) in [5.41, 5.74) is 0.997. The zero-order valence-corrected chi connectivity index (χ0v) is 16.0. The predicted molar refractivity (Wildman–Crippen MR) is 104 cm³/mol. The van der Waals surface area contributed by atoms with Crippen LogP contribution < -0.4 is 9.80 Å². The molecule has 0 spiro atoms. The van der Waals surface area contributed by atoms with Gasteiger partial charge in [-0.05, 0) is 37.1 Å². The number of aryl methyl sites for hydroxylation is 1. The Bertz CT molecular complexity index is 710. The average molecular weight is 375 g/mol. The van der Waals surface area contributed by atoms with Crippen LogP contribution in [0.3, 0.4) is 0 Å². The van der Waals surface area contributed by atoms with E-state index < -0.39 is 0 Å². The molecule has 0 aromatic carbocycles. The summed E-state index contributed by atoms with van der Waals surface area (Å²) in [6, 6.07) is 6.11. The quantitative estimate of drug-likeness (QED) is 0.888. The molecule has 2 aromatic heterocycles. The van der Waals surface area contributed by atoms with E-state index in [1.807, 2.05) is 24.4 Å². The molecule has 6 nitrogen and oxygen atoms in total. The molecule has 1 N–H and O–H groups in total. The predicted octanol–water partition coefficient (Wildman–Crippen LogP) is 2.63. The number of ether oxygens (including phenoxy) is 1. The molecular formula is C19H26N4O2S. The van der Waals surface area contributed by atoms with Gasteiger partial charge in [0.15, 0.2) is 0 Å². The Kier molecular flexibility index (Phi) is 5.38. The number of aromatic nitrogens is 2. The van der Waals surface area contributed by atoms with Crippen molar-refractivity contribution < 1.29 is 9.84 Å². The van der Waals surface area contributed by atoms with E-state index in [0.717, 1.165) is 74.6 Å². The van der Waals surface area contributed by atoms with Crippen LogP contribution in [0, 0.1) is 12.8 Å². The van der Waals surface area contributed by atoms with Crippen molar-refractivity contribution in [3.63, 3.8) is 0 Å². The standard InChI is InChI=1S/C19H26N4O2S/c1-14-13-17(21-19(20-14)23-8-10-25-11-9-23)22-6-4-15(5-7-22)18(24)16-3-2-12-26-16/h2-3,12-13,15,18,24H,4-11H2,1H3. The van der Waals surface area contributed by atoms with Crippen molar-refractivity contribution in [1.82, 2.24) is 9.97 Å². The maximum Gasteiger partial charge on any atom is 0.227 e. The molecule has 2 aromatic rings. The molecule has 2 aliphatic rings. The lowest BCUT2D eigenvalue weighted by Crippen LogP contribution is -2.39. The van der Waals surface area contributed by atoms with Gasteiger partial charge in [-0.3, -0.25) is 0 Å². The third-order valence-corrected chi connectivity index (χ3v) is 6.21. The minimum atomic E-state index is -0.340. The van der Waals surface area contributed by atoms with Crippen molar-refractivity contribution >= 4 is 23.1 Å². The summed E-state index contributed by atoms with van der Waals surface area (Å²) in [6.07, 6.45) is 1.62. The molecule has 140 valence electrons. The van der Waals surface area contributed by atoms with Crippen LogP contribution in [-0.4, -0.2) is 54.5 Å². The number of anilines is 2. The van der Waals surface area contributed by atoms with Crippen molar-refractivity contribution in [2.24, 2.45) is 5.92 Å². The highest BCUT2D eigenvalue weighted by atomic mass is 32.1. The molecule has 2 saturated heterocycles. The molecule has 4 rings (SSSR count). The van der Waals surface area contributed by atoms with Gasteiger partial charge in [0.2, 0.25) is 5.95 Å². The Labute approximate surface area is 158 Å².